The van der Waals surface area contributed by atoms with Crippen LogP contribution < -0.4 is 4.74 Å². The smallest absolute Gasteiger partial charge is 0.416 e. The average Bonchev–Trinajstić information content (AvgIpc) is 3.14. The van der Waals surface area contributed by atoms with E-state index in [0.717, 1.165) is 12.1 Å². The van der Waals surface area contributed by atoms with Gasteiger partial charge in [0.1, 0.15) is 23.9 Å². The number of carbonyl (C=O) groups excluding carboxylic acids is 1. The Morgan fingerprint density at radius 1 is 1.03 bits per heavy atom. The van der Waals surface area contributed by atoms with E-state index >= 15 is 0 Å². The zero-order valence-corrected chi connectivity index (χ0v) is 16.2. The summed E-state index contributed by atoms with van der Waals surface area (Å²) in [6.45, 7) is -0.0596. The summed E-state index contributed by atoms with van der Waals surface area (Å²) in [7, 11) is 0. The fourth-order valence-corrected chi connectivity index (χ4v) is 2.68. The number of allylic oxidation sites excluding steroid dienone is 1. The Bertz CT molecular complexity index is 1060. The van der Waals surface area contributed by atoms with Crippen LogP contribution in [0.5, 0.6) is 5.75 Å². The Morgan fingerprint density at radius 2 is 1.83 bits per heavy atom. The Hall–Kier alpha value is -2.70. The van der Waals surface area contributed by atoms with E-state index in [0.29, 0.717) is 22.1 Å². The van der Waals surface area contributed by atoms with Gasteiger partial charge in [-0.05, 0) is 60.7 Å². The van der Waals surface area contributed by atoms with E-state index in [1.807, 2.05) is 0 Å². The number of alkyl halides is 3. The van der Waals surface area contributed by atoms with Crippen LogP contribution in [-0.2, 0) is 12.8 Å². The van der Waals surface area contributed by atoms with Crippen molar-refractivity contribution < 1.29 is 27.1 Å². The minimum Gasteiger partial charge on any atom is -0.486 e. The average molecular weight is 441 g/mol. The lowest BCUT2D eigenvalue weighted by atomic mass is 10.1. The first-order valence-electron chi connectivity index (χ1n) is 8.28. The number of ether oxygens (including phenoxy) is 1. The standard InChI is InChI=1S/C21H13Cl2F3O3/c22-18-8-4-13(10-19(18)23)20(27)9-7-15-5-6-17(29-15)12-28-16-3-1-2-14(11-16)21(24,25)26/h1-11H,12H2/b9-7+. The molecule has 150 valence electrons. The molecule has 0 N–H and O–H groups in total. The summed E-state index contributed by atoms with van der Waals surface area (Å²) in [6, 6.07) is 12.3. The van der Waals surface area contributed by atoms with E-state index in [2.05, 4.69) is 0 Å². The van der Waals surface area contributed by atoms with Gasteiger partial charge in [0.15, 0.2) is 5.78 Å². The third kappa shape index (κ3) is 5.65. The van der Waals surface area contributed by atoms with Gasteiger partial charge in [0.25, 0.3) is 0 Å². The van der Waals surface area contributed by atoms with E-state index in [4.69, 9.17) is 32.4 Å². The Labute approximate surface area is 174 Å². The van der Waals surface area contributed by atoms with Gasteiger partial charge >= 0.3 is 6.18 Å². The maximum absolute atomic E-state index is 12.7. The molecule has 0 fully saturated rings. The molecule has 0 amide bonds. The van der Waals surface area contributed by atoms with E-state index < -0.39 is 11.7 Å². The Kier molecular flexibility index (Phi) is 6.35. The predicted molar refractivity (Wildman–Crippen MR) is 104 cm³/mol. The minimum atomic E-state index is -4.44. The highest BCUT2D eigenvalue weighted by Gasteiger charge is 2.30. The number of hydrogen-bond donors (Lipinski definition) is 0. The molecule has 2 aromatic carbocycles. The summed E-state index contributed by atoms with van der Waals surface area (Å²) < 4.78 is 49.0. The summed E-state index contributed by atoms with van der Waals surface area (Å²) in [4.78, 5) is 12.2. The van der Waals surface area contributed by atoms with Crippen LogP contribution >= 0.6 is 23.2 Å². The number of rotatable bonds is 6. The summed E-state index contributed by atoms with van der Waals surface area (Å²) in [6.07, 6.45) is -1.66. The highest BCUT2D eigenvalue weighted by molar-refractivity contribution is 6.42. The van der Waals surface area contributed by atoms with Crippen molar-refractivity contribution in [3.63, 3.8) is 0 Å². The van der Waals surface area contributed by atoms with Crippen molar-refractivity contribution in [2.75, 3.05) is 0 Å². The fourth-order valence-electron chi connectivity index (χ4n) is 2.38. The molecule has 3 aromatic rings. The van der Waals surface area contributed by atoms with Crippen LogP contribution in [0, 0.1) is 0 Å². The topological polar surface area (TPSA) is 39.4 Å². The molecule has 0 aliphatic heterocycles. The number of halogens is 5. The number of ketones is 1. The van der Waals surface area contributed by atoms with Crippen LogP contribution in [0.3, 0.4) is 0 Å². The molecule has 0 saturated carbocycles. The van der Waals surface area contributed by atoms with Gasteiger partial charge in [0.05, 0.1) is 15.6 Å². The van der Waals surface area contributed by atoms with E-state index in [9.17, 15) is 18.0 Å². The molecule has 0 unspecified atom stereocenters. The van der Waals surface area contributed by atoms with Crippen LogP contribution in [0.15, 0.2) is 65.1 Å². The zero-order valence-electron chi connectivity index (χ0n) is 14.7. The predicted octanol–water partition coefficient (Wildman–Crippen LogP) is 7.08. The molecule has 8 heteroatoms. The quantitative estimate of drug-likeness (QED) is 0.303. The van der Waals surface area contributed by atoms with Gasteiger partial charge in [-0.25, -0.2) is 0 Å². The molecule has 0 atom stereocenters. The highest BCUT2D eigenvalue weighted by Crippen LogP contribution is 2.31. The largest absolute Gasteiger partial charge is 0.486 e. The second-order valence-corrected chi connectivity index (χ2v) is 6.76. The molecule has 3 rings (SSSR count). The van der Waals surface area contributed by atoms with E-state index in [1.54, 1.807) is 18.2 Å². The monoisotopic (exact) mass is 440 g/mol. The molecular formula is C21H13Cl2F3O3. The van der Waals surface area contributed by atoms with Crippen LogP contribution in [-0.4, -0.2) is 5.78 Å². The van der Waals surface area contributed by atoms with Gasteiger partial charge < -0.3 is 9.15 Å². The molecule has 0 aliphatic carbocycles. The molecule has 0 bridgehead atoms. The summed E-state index contributed by atoms with van der Waals surface area (Å²) >= 11 is 11.7. The normalized spacial score (nSPS) is 11.8. The lowest BCUT2D eigenvalue weighted by molar-refractivity contribution is -0.137. The van der Waals surface area contributed by atoms with Crippen LogP contribution in [0.2, 0.25) is 10.0 Å². The SMILES string of the molecule is O=C(/C=C/c1ccc(COc2cccc(C(F)(F)F)c2)o1)c1ccc(Cl)c(Cl)c1. The van der Waals surface area contributed by atoms with Crippen molar-refractivity contribution in [1.29, 1.82) is 0 Å². The first-order valence-corrected chi connectivity index (χ1v) is 9.04. The van der Waals surface area contributed by atoms with E-state index in [-0.39, 0.29) is 23.2 Å². The molecule has 0 aliphatic rings. The molecule has 29 heavy (non-hydrogen) atoms. The first kappa shape index (κ1) is 21.0. The summed E-state index contributed by atoms with van der Waals surface area (Å²) in [5.41, 5.74) is -0.422. The number of benzene rings is 2. The molecular weight excluding hydrogens is 428 g/mol. The Balaban J connectivity index is 1.61. The summed E-state index contributed by atoms with van der Waals surface area (Å²) in [5.74, 6) is 0.565. The minimum absolute atomic E-state index is 0.0596. The van der Waals surface area contributed by atoms with Crippen molar-refractivity contribution in [2.24, 2.45) is 0 Å². The van der Waals surface area contributed by atoms with Crippen molar-refractivity contribution in [1.82, 2.24) is 0 Å². The third-order valence-electron chi connectivity index (χ3n) is 3.83. The molecule has 0 radical (unpaired) electrons. The maximum atomic E-state index is 12.7. The van der Waals surface area contributed by atoms with Crippen molar-refractivity contribution in [3.05, 3.63) is 93.4 Å². The molecule has 0 saturated heterocycles. The van der Waals surface area contributed by atoms with Gasteiger partial charge in [-0.1, -0.05) is 29.3 Å². The van der Waals surface area contributed by atoms with E-state index in [1.165, 1.54) is 36.4 Å². The Morgan fingerprint density at radius 3 is 2.55 bits per heavy atom. The molecule has 3 nitrogen and oxygen atoms in total. The van der Waals surface area contributed by atoms with Crippen molar-refractivity contribution >= 4 is 35.1 Å². The van der Waals surface area contributed by atoms with Crippen molar-refractivity contribution in [3.8, 4) is 5.75 Å². The highest BCUT2D eigenvalue weighted by atomic mass is 35.5. The van der Waals surface area contributed by atoms with Crippen LogP contribution in [0.25, 0.3) is 6.08 Å². The fraction of sp³-hybridized carbons (Fsp3) is 0.0952. The van der Waals surface area contributed by atoms with Gasteiger partial charge in [-0.15, -0.1) is 0 Å². The summed E-state index contributed by atoms with van der Waals surface area (Å²) in [5, 5.41) is 0.626. The van der Waals surface area contributed by atoms with Gasteiger partial charge in [-0.3, -0.25) is 4.79 Å². The van der Waals surface area contributed by atoms with Gasteiger partial charge in [-0.2, -0.15) is 13.2 Å². The maximum Gasteiger partial charge on any atom is 0.416 e. The lowest BCUT2D eigenvalue weighted by Crippen LogP contribution is -2.05. The molecule has 0 spiro atoms. The number of furan rings is 1. The van der Waals surface area contributed by atoms with Gasteiger partial charge in [0.2, 0.25) is 0 Å². The third-order valence-corrected chi connectivity index (χ3v) is 4.57. The van der Waals surface area contributed by atoms with Crippen molar-refractivity contribution in [2.45, 2.75) is 12.8 Å². The van der Waals surface area contributed by atoms with Gasteiger partial charge in [0, 0.05) is 5.56 Å². The zero-order chi connectivity index (χ0) is 21.0. The lowest BCUT2D eigenvalue weighted by Gasteiger charge is -2.09. The second-order valence-electron chi connectivity index (χ2n) is 5.94. The van der Waals surface area contributed by atoms with Crippen LogP contribution in [0.4, 0.5) is 13.2 Å². The molecule has 1 aromatic heterocycles. The first-order chi connectivity index (χ1) is 13.7. The number of carbonyl (C=O) groups is 1. The van der Waals surface area contributed by atoms with Crippen LogP contribution in [0.1, 0.15) is 27.4 Å². The molecule has 1 heterocycles. The number of hydrogen-bond acceptors (Lipinski definition) is 3. The second kappa shape index (κ2) is 8.76.